The predicted octanol–water partition coefficient (Wildman–Crippen LogP) is 2.18. The van der Waals surface area contributed by atoms with Gasteiger partial charge in [-0.05, 0) is 29.8 Å². The topological polar surface area (TPSA) is 75.3 Å². The van der Waals surface area contributed by atoms with Crippen molar-refractivity contribution < 1.29 is 17.6 Å². The highest BCUT2D eigenvalue weighted by Crippen LogP contribution is 2.25. The fraction of sp³-hybridized carbons (Fsp3) is 0.214. The van der Waals surface area contributed by atoms with Gasteiger partial charge in [0.15, 0.2) is 0 Å². The molecular formula is C14H14ClFN2O3S2. The Morgan fingerprint density at radius 1 is 1.13 bits per heavy atom. The Morgan fingerprint density at radius 3 is 2.43 bits per heavy atom. The second-order valence-electron chi connectivity index (χ2n) is 4.61. The summed E-state index contributed by atoms with van der Waals surface area (Å²) in [6.45, 7) is 0.214. The molecule has 0 radical (unpaired) electrons. The number of carbonyl (C=O) groups excluding carboxylic acids is 1. The zero-order chi connectivity index (χ0) is 16.9. The van der Waals surface area contributed by atoms with Gasteiger partial charge in [-0.2, -0.15) is 0 Å². The summed E-state index contributed by atoms with van der Waals surface area (Å²) in [6.07, 6.45) is 0.105. The monoisotopic (exact) mass is 376 g/mol. The first-order valence-corrected chi connectivity index (χ1v) is 9.31. The van der Waals surface area contributed by atoms with Gasteiger partial charge in [0, 0.05) is 13.1 Å². The third-order valence-corrected chi connectivity index (χ3v) is 6.01. The highest BCUT2D eigenvalue weighted by Gasteiger charge is 2.15. The number of benzene rings is 1. The van der Waals surface area contributed by atoms with Crippen LogP contribution in [0.15, 0.2) is 40.6 Å². The second-order valence-corrected chi connectivity index (χ2v) is 8.32. The molecular weight excluding hydrogens is 363 g/mol. The van der Waals surface area contributed by atoms with Crippen molar-refractivity contribution in [2.45, 2.75) is 10.6 Å². The number of rotatable bonds is 7. The number of hydrogen-bond donors (Lipinski definition) is 2. The van der Waals surface area contributed by atoms with Crippen molar-refractivity contribution in [1.82, 2.24) is 10.0 Å². The summed E-state index contributed by atoms with van der Waals surface area (Å²) < 4.78 is 39.5. The van der Waals surface area contributed by atoms with Crippen molar-refractivity contribution in [3.8, 4) is 0 Å². The van der Waals surface area contributed by atoms with Crippen molar-refractivity contribution in [1.29, 1.82) is 0 Å². The van der Waals surface area contributed by atoms with Gasteiger partial charge in [0.2, 0.25) is 15.9 Å². The van der Waals surface area contributed by atoms with E-state index in [9.17, 15) is 17.6 Å². The van der Waals surface area contributed by atoms with E-state index in [1.807, 2.05) is 0 Å². The molecule has 0 spiro atoms. The highest BCUT2D eigenvalue weighted by molar-refractivity contribution is 7.91. The fourth-order valence-electron chi connectivity index (χ4n) is 1.75. The normalized spacial score (nSPS) is 11.4. The number of nitrogens with one attached hydrogen (secondary N) is 2. The molecule has 2 aromatic rings. The Kier molecular flexibility index (Phi) is 6.11. The van der Waals surface area contributed by atoms with Gasteiger partial charge in [0.25, 0.3) is 0 Å². The Bertz CT molecular complexity index is 776. The lowest BCUT2D eigenvalue weighted by atomic mass is 10.1. The minimum absolute atomic E-state index is 0.0625. The molecule has 5 nitrogen and oxygen atoms in total. The van der Waals surface area contributed by atoms with Gasteiger partial charge in [-0.3, -0.25) is 4.79 Å². The van der Waals surface area contributed by atoms with Gasteiger partial charge in [-0.1, -0.05) is 23.7 Å². The number of carbonyl (C=O) groups is 1. The van der Waals surface area contributed by atoms with Crippen molar-refractivity contribution in [2.24, 2.45) is 0 Å². The Morgan fingerprint density at radius 2 is 1.83 bits per heavy atom. The molecule has 1 aromatic carbocycles. The average molecular weight is 377 g/mol. The van der Waals surface area contributed by atoms with Crippen LogP contribution in [0.25, 0.3) is 0 Å². The van der Waals surface area contributed by atoms with Crippen LogP contribution in [0.3, 0.4) is 0 Å². The zero-order valence-electron chi connectivity index (χ0n) is 11.9. The van der Waals surface area contributed by atoms with Gasteiger partial charge in [-0.15, -0.1) is 11.3 Å². The number of thiophene rings is 1. The first kappa shape index (κ1) is 17.9. The third kappa shape index (κ3) is 5.58. The summed E-state index contributed by atoms with van der Waals surface area (Å²) >= 11 is 6.66. The summed E-state index contributed by atoms with van der Waals surface area (Å²) in [5.41, 5.74) is 0.678. The van der Waals surface area contributed by atoms with Crippen molar-refractivity contribution in [3.05, 3.63) is 52.1 Å². The van der Waals surface area contributed by atoms with E-state index in [1.54, 1.807) is 0 Å². The molecule has 0 aliphatic rings. The molecule has 0 aliphatic carbocycles. The van der Waals surface area contributed by atoms with E-state index in [1.165, 1.54) is 36.4 Å². The van der Waals surface area contributed by atoms with Gasteiger partial charge < -0.3 is 5.32 Å². The number of halogens is 2. The van der Waals surface area contributed by atoms with Crippen molar-refractivity contribution >= 4 is 38.9 Å². The smallest absolute Gasteiger partial charge is 0.250 e. The molecule has 124 valence electrons. The van der Waals surface area contributed by atoms with Crippen molar-refractivity contribution in [2.75, 3.05) is 13.1 Å². The quantitative estimate of drug-likeness (QED) is 0.727. The van der Waals surface area contributed by atoms with Crippen LogP contribution in [-0.4, -0.2) is 27.4 Å². The van der Waals surface area contributed by atoms with Crippen LogP contribution in [0, 0.1) is 5.82 Å². The largest absolute Gasteiger partial charge is 0.355 e. The van der Waals surface area contributed by atoms with E-state index < -0.39 is 10.0 Å². The van der Waals surface area contributed by atoms with Crippen molar-refractivity contribution in [3.63, 3.8) is 0 Å². The molecule has 0 aliphatic heterocycles. The summed E-state index contributed by atoms with van der Waals surface area (Å²) in [7, 11) is -3.61. The van der Waals surface area contributed by atoms with E-state index in [2.05, 4.69) is 10.0 Å². The molecule has 0 atom stereocenters. The minimum atomic E-state index is -3.61. The standard InChI is InChI=1S/C14H14ClFN2O3S2/c15-12-5-6-14(22-12)23(20,21)18-8-7-17-13(19)9-10-1-3-11(16)4-2-10/h1-6,18H,7-9H2,(H,17,19). The molecule has 1 heterocycles. The van der Waals surface area contributed by atoms with Crippen LogP contribution >= 0.6 is 22.9 Å². The lowest BCUT2D eigenvalue weighted by Crippen LogP contribution is -2.35. The minimum Gasteiger partial charge on any atom is -0.355 e. The molecule has 0 unspecified atom stereocenters. The van der Waals surface area contributed by atoms with Gasteiger partial charge in [0.05, 0.1) is 10.8 Å². The van der Waals surface area contributed by atoms with Crippen LogP contribution in [-0.2, 0) is 21.2 Å². The predicted molar refractivity (Wildman–Crippen MR) is 87.6 cm³/mol. The molecule has 9 heteroatoms. The molecule has 2 rings (SSSR count). The number of amides is 1. The Hall–Kier alpha value is -1.48. The third-order valence-electron chi connectivity index (χ3n) is 2.83. The molecule has 1 amide bonds. The summed E-state index contributed by atoms with van der Waals surface area (Å²) in [6, 6.07) is 8.54. The van der Waals surface area contributed by atoms with Crippen LogP contribution in [0.4, 0.5) is 4.39 Å². The van der Waals surface area contributed by atoms with E-state index in [0.717, 1.165) is 11.3 Å². The lowest BCUT2D eigenvalue weighted by molar-refractivity contribution is -0.120. The number of hydrogen-bond acceptors (Lipinski definition) is 4. The van der Waals surface area contributed by atoms with Crippen LogP contribution in [0.2, 0.25) is 4.34 Å². The second kappa shape index (κ2) is 7.87. The van der Waals surface area contributed by atoms with E-state index in [4.69, 9.17) is 11.6 Å². The number of sulfonamides is 1. The van der Waals surface area contributed by atoms with E-state index in [-0.39, 0.29) is 35.4 Å². The zero-order valence-corrected chi connectivity index (χ0v) is 14.3. The highest BCUT2D eigenvalue weighted by atomic mass is 35.5. The average Bonchev–Trinajstić information content (AvgIpc) is 2.94. The summed E-state index contributed by atoms with van der Waals surface area (Å²) in [4.78, 5) is 11.7. The molecule has 2 N–H and O–H groups in total. The SMILES string of the molecule is O=C(Cc1ccc(F)cc1)NCCNS(=O)(=O)c1ccc(Cl)s1. The fourth-order valence-corrected chi connectivity index (χ4v) is 4.31. The summed E-state index contributed by atoms with van der Waals surface area (Å²) in [5, 5.41) is 2.59. The Balaban J connectivity index is 1.74. The summed E-state index contributed by atoms with van der Waals surface area (Å²) in [5.74, 6) is -0.632. The maximum atomic E-state index is 12.8. The first-order valence-electron chi connectivity index (χ1n) is 6.63. The molecule has 0 saturated heterocycles. The molecule has 23 heavy (non-hydrogen) atoms. The van der Waals surface area contributed by atoms with E-state index >= 15 is 0 Å². The lowest BCUT2D eigenvalue weighted by Gasteiger charge is -2.07. The van der Waals surface area contributed by atoms with Gasteiger partial charge in [0.1, 0.15) is 10.0 Å². The first-order chi connectivity index (χ1) is 10.9. The maximum absolute atomic E-state index is 12.8. The van der Waals surface area contributed by atoms with Gasteiger partial charge >= 0.3 is 0 Å². The van der Waals surface area contributed by atoms with Gasteiger partial charge in [-0.25, -0.2) is 17.5 Å². The van der Waals surface area contributed by atoms with Crippen LogP contribution in [0.5, 0.6) is 0 Å². The molecule has 0 fully saturated rings. The molecule has 0 saturated carbocycles. The Labute approximate surface area is 142 Å². The van der Waals surface area contributed by atoms with Crippen LogP contribution in [0.1, 0.15) is 5.56 Å². The maximum Gasteiger partial charge on any atom is 0.250 e. The molecule has 0 bridgehead atoms. The molecule has 1 aromatic heterocycles. The van der Waals surface area contributed by atoms with E-state index in [0.29, 0.717) is 9.90 Å². The van der Waals surface area contributed by atoms with Crippen LogP contribution < -0.4 is 10.0 Å².